The maximum absolute atomic E-state index is 13.3. The van der Waals surface area contributed by atoms with Crippen molar-refractivity contribution in [1.29, 1.82) is 0 Å². The van der Waals surface area contributed by atoms with E-state index in [9.17, 15) is 9.50 Å². The van der Waals surface area contributed by atoms with Crippen molar-refractivity contribution in [3.05, 3.63) is 53.8 Å². The molecule has 3 N–H and O–H groups in total. The number of nitrogens with zero attached hydrogens (tertiary/aromatic N) is 1. The van der Waals surface area contributed by atoms with E-state index >= 15 is 0 Å². The molecule has 4 rings (SSSR count). The van der Waals surface area contributed by atoms with Gasteiger partial charge in [0.05, 0.1) is 13.2 Å². The standard InChI is InChI=1S/C15H20FNO2.C7H8O2/c16-13-6-10(4-5-14(13)18)15(19)9-17-7-11-2-1-3-12(11)8-17;1-9-7-4-2-6(8)3-5-7/h4-6,11-12,15,18-19H,1-3,7-9H2;2-5,8H,1H3/t11-,12+,15?;. The third-order valence-corrected chi connectivity index (χ3v) is 5.66. The number of ether oxygens (including phenoxy) is 1. The number of phenols is 2. The first-order valence-electron chi connectivity index (χ1n) is 9.68. The number of rotatable bonds is 4. The van der Waals surface area contributed by atoms with Gasteiger partial charge < -0.3 is 20.1 Å². The maximum Gasteiger partial charge on any atom is 0.165 e. The van der Waals surface area contributed by atoms with Gasteiger partial charge in [0.25, 0.3) is 0 Å². The van der Waals surface area contributed by atoms with Gasteiger partial charge in [-0.25, -0.2) is 4.39 Å². The summed E-state index contributed by atoms with van der Waals surface area (Å²) in [7, 11) is 1.59. The second kappa shape index (κ2) is 9.26. The number of hydrogen-bond donors (Lipinski definition) is 3. The summed E-state index contributed by atoms with van der Waals surface area (Å²) in [6.07, 6.45) is 3.28. The molecule has 0 amide bonds. The van der Waals surface area contributed by atoms with Crippen molar-refractivity contribution in [3.8, 4) is 17.2 Å². The van der Waals surface area contributed by atoms with Crippen molar-refractivity contribution in [2.45, 2.75) is 25.4 Å². The van der Waals surface area contributed by atoms with Gasteiger partial charge in [-0.3, -0.25) is 4.90 Å². The molecule has 0 radical (unpaired) electrons. The number of aliphatic hydroxyl groups excluding tert-OH is 1. The summed E-state index contributed by atoms with van der Waals surface area (Å²) in [6, 6.07) is 10.7. The zero-order valence-corrected chi connectivity index (χ0v) is 16.1. The molecular formula is C22H28FNO4. The lowest BCUT2D eigenvalue weighted by molar-refractivity contribution is 0.121. The molecule has 28 heavy (non-hydrogen) atoms. The highest BCUT2D eigenvalue weighted by Crippen LogP contribution is 2.38. The first-order chi connectivity index (χ1) is 13.5. The van der Waals surface area contributed by atoms with Crippen LogP contribution in [0, 0.1) is 17.7 Å². The number of halogens is 1. The largest absolute Gasteiger partial charge is 0.508 e. The molecule has 3 atom stereocenters. The molecule has 1 heterocycles. The number of benzene rings is 2. The number of fused-ring (bicyclic) bond motifs is 1. The van der Waals surface area contributed by atoms with Crippen LogP contribution in [0.5, 0.6) is 17.2 Å². The van der Waals surface area contributed by atoms with Crippen molar-refractivity contribution in [1.82, 2.24) is 4.90 Å². The molecule has 0 bridgehead atoms. The summed E-state index contributed by atoms with van der Waals surface area (Å²) in [5, 5.41) is 28.1. The van der Waals surface area contributed by atoms with Crippen LogP contribution in [0.15, 0.2) is 42.5 Å². The fraction of sp³-hybridized carbons (Fsp3) is 0.455. The third kappa shape index (κ3) is 5.14. The summed E-state index contributed by atoms with van der Waals surface area (Å²) in [5.74, 6) is 1.57. The molecule has 2 aromatic carbocycles. The van der Waals surface area contributed by atoms with E-state index in [1.165, 1.54) is 31.4 Å². The molecule has 0 spiro atoms. The molecule has 6 heteroatoms. The van der Waals surface area contributed by atoms with E-state index in [0.29, 0.717) is 12.1 Å². The van der Waals surface area contributed by atoms with Gasteiger partial charge in [-0.1, -0.05) is 12.5 Å². The zero-order chi connectivity index (χ0) is 20.1. The Morgan fingerprint density at radius 3 is 2.29 bits per heavy atom. The fourth-order valence-electron chi connectivity index (χ4n) is 4.14. The Labute approximate surface area is 165 Å². The van der Waals surface area contributed by atoms with Crippen LogP contribution in [-0.4, -0.2) is 47.0 Å². The topological polar surface area (TPSA) is 73.2 Å². The van der Waals surface area contributed by atoms with Gasteiger partial charge in [-0.2, -0.15) is 0 Å². The minimum Gasteiger partial charge on any atom is -0.508 e. The molecular weight excluding hydrogens is 361 g/mol. The van der Waals surface area contributed by atoms with Crippen LogP contribution < -0.4 is 4.74 Å². The summed E-state index contributed by atoms with van der Waals surface area (Å²) >= 11 is 0. The summed E-state index contributed by atoms with van der Waals surface area (Å²) < 4.78 is 18.1. The molecule has 2 aromatic rings. The van der Waals surface area contributed by atoms with Gasteiger partial charge >= 0.3 is 0 Å². The van der Waals surface area contributed by atoms with Crippen molar-refractivity contribution in [3.63, 3.8) is 0 Å². The van der Waals surface area contributed by atoms with Crippen LogP contribution in [-0.2, 0) is 0 Å². The van der Waals surface area contributed by atoms with Crippen molar-refractivity contribution in [2.75, 3.05) is 26.7 Å². The highest BCUT2D eigenvalue weighted by molar-refractivity contribution is 5.30. The number of aromatic hydroxyl groups is 2. The third-order valence-electron chi connectivity index (χ3n) is 5.66. The molecule has 1 unspecified atom stereocenters. The van der Waals surface area contributed by atoms with Crippen molar-refractivity contribution in [2.24, 2.45) is 11.8 Å². The summed E-state index contributed by atoms with van der Waals surface area (Å²) in [6.45, 7) is 2.67. The van der Waals surface area contributed by atoms with Gasteiger partial charge in [-0.15, -0.1) is 0 Å². The number of methoxy groups -OCH3 is 1. The minimum absolute atomic E-state index is 0.260. The Bertz CT molecular complexity index is 756. The van der Waals surface area contributed by atoms with Crippen LogP contribution >= 0.6 is 0 Å². The van der Waals surface area contributed by atoms with Crippen molar-refractivity contribution >= 4 is 0 Å². The number of phenolic OH excluding ortho intramolecular Hbond substituents is 2. The van der Waals surface area contributed by atoms with Crippen molar-refractivity contribution < 1.29 is 24.4 Å². The predicted octanol–water partition coefficient (Wildman–Crippen LogP) is 3.70. The molecule has 1 saturated heterocycles. The van der Waals surface area contributed by atoms with Crippen LogP contribution in [0.4, 0.5) is 4.39 Å². The second-order valence-electron chi connectivity index (χ2n) is 7.59. The van der Waals surface area contributed by atoms with E-state index < -0.39 is 11.9 Å². The lowest BCUT2D eigenvalue weighted by Gasteiger charge is -2.21. The molecule has 2 fully saturated rings. The second-order valence-corrected chi connectivity index (χ2v) is 7.59. The quantitative estimate of drug-likeness (QED) is 0.744. The SMILES string of the molecule is COc1ccc(O)cc1.Oc1ccc(C(O)CN2C[C@H]3CCC[C@H]3C2)cc1F. The summed E-state index contributed by atoms with van der Waals surface area (Å²) in [5.41, 5.74) is 0.535. The fourth-order valence-corrected chi connectivity index (χ4v) is 4.14. The molecule has 1 aliphatic heterocycles. The normalized spacial score (nSPS) is 22.2. The summed E-state index contributed by atoms with van der Waals surface area (Å²) in [4.78, 5) is 2.28. The van der Waals surface area contributed by atoms with Crippen LogP contribution in [0.3, 0.4) is 0 Å². The Hall–Kier alpha value is -2.31. The Morgan fingerprint density at radius 1 is 1.07 bits per heavy atom. The molecule has 1 saturated carbocycles. The molecule has 5 nitrogen and oxygen atoms in total. The first-order valence-corrected chi connectivity index (χ1v) is 9.68. The van der Waals surface area contributed by atoms with Gasteiger partial charge in [0.15, 0.2) is 11.6 Å². The lowest BCUT2D eigenvalue weighted by atomic mass is 10.0. The van der Waals surface area contributed by atoms with Gasteiger partial charge in [-0.05, 0) is 66.6 Å². The minimum atomic E-state index is -0.686. The Kier molecular flexibility index (Phi) is 6.75. The monoisotopic (exact) mass is 389 g/mol. The predicted molar refractivity (Wildman–Crippen MR) is 105 cm³/mol. The van der Waals surface area contributed by atoms with Gasteiger partial charge in [0.2, 0.25) is 0 Å². The molecule has 1 aliphatic carbocycles. The molecule has 2 aliphatic rings. The molecule has 152 valence electrons. The van der Waals surface area contributed by atoms with Gasteiger partial charge in [0.1, 0.15) is 11.5 Å². The zero-order valence-electron chi connectivity index (χ0n) is 16.1. The Morgan fingerprint density at radius 2 is 1.71 bits per heavy atom. The van der Waals surface area contributed by atoms with Crippen LogP contribution in [0.1, 0.15) is 30.9 Å². The van der Waals surface area contributed by atoms with Crippen LogP contribution in [0.25, 0.3) is 0 Å². The van der Waals surface area contributed by atoms with E-state index in [1.54, 1.807) is 37.4 Å². The first kappa shape index (κ1) is 20.4. The molecule has 0 aromatic heterocycles. The van der Waals surface area contributed by atoms with Gasteiger partial charge in [0, 0.05) is 19.6 Å². The average molecular weight is 389 g/mol. The Balaban J connectivity index is 0.000000211. The van der Waals surface area contributed by atoms with E-state index in [4.69, 9.17) is 14.9 Å². The van der Waals surface area contributed by atoms with E-state index in [0.717, 1.165) is 30.7 Å². The average Bonchev–Trinajstić information content (AvgIpc) is 3.27. The number of hydrogen-bond acceptors (Lipinski definition) is 5. The smallest absolute Gasteiger partial charge is 0.165 e. The number of β-amino-alcohol motifs (C(OH)–C–C–N with tert-alkyl or cyclic N) is 1. The highest BCUT2D eigenvalue weighted by Gasteiger charge is 2.36. The number of aliphatic hydroxyl groups is 1. The lowest BCUT2D eigenvalue weighted by Crippen LogP contribution is -2.27. The van der Waals surface area contributed by atoms with Crippen LogP contribution in [0.2, 0.25) is 0 Å². The van der Waals surface area contributed by atoms with E-state index in [-0.39, 0.29) is 11.5 Å². The van der Waals surface area contributed by atoms with E-state index in [2.05, 4.69) is 4.90 Å². The highest BCUT2D eigenvalue weighted by atomic mass is 19.1. The maximum atomic E-state index is 13.3. The van der Waals surface area contributed by atoms with E-state index in [1.807, 2.05) is 0 Å². The number of likely N-dealkylation sites (tertiary alicyclic amines) is 1.